The summed E-state index contributed by atoms with van der Waals surface area (Å²) in [7, 11) is 0. The average Bonchev–Trinajstić information content (AvgIpc) is 1.83. The average molecular weight is 152 g/mol. The van der Waals surface area contributed by atoms with Crippen LogP contribution in [0.4, 0.5) is 8.78 Å². The Morgan fingerprint density at radius 3 is 2.20 bits per heavy atom. The molecule has 48 valence electrons. The summed E-state index contributed by atoms with van der Waals surface area (Å²) < 4.78 is 24.0. The smallest absolute Gasteiger partial charge is 0.870 e. The van der Waals surface area contributed by atoms with Crippen LogP contribution in [-0.4, -0.2) is 0 Å². The van der Waals surface area contributed by atoms with E-state index in [1.807, 2.05) is 0 Å². The minimum Gasteiger partial charge on any atom is -0.870 e. The van der Waals surface area contributed by atoms with Gasteiger partial charge in [-0.3, -0.25) is 0 Å². The van der Waals surface area contributed by atoms with Crippen molar-refractivity contribution in [2.45, 2.75) is 0 Å². The monoisotopic (exact) mass is 152 g/mol. The molecule has 0 aliphatic heterocycles. The van der Waals surface area contributed by atoms with Gasteiger partial charge in [-0.25, -0.2) is 8.78 Å². The molecule has 0 saturated carbocycles. The Labute approximate surface area is 79.0 Å². The van der Waals surface area contributed by atoms with Gasteiger partial charge in [0.2, 0.25) is 0 Å². The van der Waals surface area contributed by atoms with Crippen molar-refractivity contribution >= 4 is 0 Å². The van der Waals surface area contributed by atoms with Gasteiger partial charge in [0.15, 0.2) is 11.6 Å². The molecule has 10 heavy (non-hydrogen) atoms. The van der Waals surface area contributed by atoms with Crippen LogP contribution in [0.15, 0.2) is 18.2 Å². The van der Waals surface area contributed by atoms with E-state index in [4.69, 9.17) is 0 Å². The zero-order valence-corrected chi connectivity index (χ0v) is 7.40. The fourth-order valence-electron chi connectivity index (χ4n) is 0.484. The molecule has 0 aliphatic carbocycles. The number of halogens is 2. The van der Waals surface area contributed by atoms with Crippen molar-refractivity contribution in [2.75, 3.05) is 0 Å². The first kappa shape index (κ1) is 9.88. The molecule has 0 heterocycles. The van der Waals surface area contributed by atoms with Gasteiger partial charge in [0.25, 0.3) is 0 Å². The number of rotatable bonds is 0. The molecule has 1 aromatic carbocycles. The van der Waals surface area contributed by atoms with Gasteiger partial charge in [-0.1, -0.05) is 17.9 Å². The fraction of sp³-hybridized carbons (Fsp3) is 0. The molecule has 4 heteroatoms. The van der Waals surface area contributed by atoms with E-state index in [9.17, 15) is 13.9 Å². The Morgan fingerprint density at radius 1 is 1.20 bits per heavy atom. The van der Waals surface area contributed by atoms with Crippen LogP contribution in [-0.2, 0) is 0 Å². The van der Waals surface area contributed by atoms with Crippen LogP contribution in [0.5, 0.6) is 5.75 Å². The first-order valence-electron chi connectivity index (χ1n) is 2.33. The zero-order valence-electron chi connectivity index (χ0n) is 5.40. The first-order valence-corrected chi connectivity index (χ1v) is 2.33. The molecule has 1 aromatic rings. The third-order valence-electron chi connectivity index (χ3n) is 0.916. The normalized spacial score (nSPS) is 8.60. The van der Waals surface area contributed by atoms with E-state index in [-0.39, 0.29) is 29.6 Å². The Balaban J connectivity index is 0.000000810. The molecule has 0 fully saturated rings. The van der Waals surface area contributed by atoms with Gasteiger partial charge in [-0.15, -0.1) is 0 Å². The van der Waals surface area contributed by atoms with Crippen LogP contribution in [0.25, 0.3) is 0 Å². The Kier molecular flexibility index (Phi) is 3.86. The van der Waals surface area contributed by atoms with Crippen LogP contribution in [0, 0.1) is 11.6 Å². The summed E-state index contributed by atoms with van der Waals surface area (Å²) in [6.07, 6.45) is 0. The molecule has 0 spiro atoms. The van der Waals surface area contributed by atoms with E-state index in [0.717, 1.165) is 12.1 Å². The quantitative estimate of drug-likeness (QED) is 0.396. The van der Waals surface area contributed by atoms with Crippen LogP contribution >= 0.6 is 0 Å². The minimum absolute atomic E-state index is 0. The van der Waals surface area contributed by atoms with Crippen LogP contribution in [0.3, 0.4) is 0 Å². The molecular formula is C6H3F2NaO. The van der Waals surface area contributed by atoms with Crippen molar-refractivity contribution in [3.05, 3.63) is 29.8 Å². The predicted octanol–water partition coefficient (Wildman–Crippen LogP) is -1.96. The molecule has 0 N–H and O–H groups in total. The molecule has 1 rings (SSSR count). The number of hydrogen-bond donors (Lipinski definition) is 0. The summed E-state index contributed by atoms with van der Waals surface area (Å²) in [6, 6.07) is 3.04. The molecule has 1 nitrogen and oxygen atoms in total. The maximum Gasteiger partial charge on any atom is 1.00 e. The molecule has 0 radical (unpaired) electrons. The van der Waals surface area contributed by atoms with Crippen molar-refractivity contribution in [3.63, 3.8) is 0 Å². The van der Waals surface area contributed by atoms with Gasteiger partial charge in [-0.2, -0.15) is 0 Å². The Bertz CT molecular complexity index is 207. The summed E-state index contributed by atoms with van der Waals surface area (Å²) in [5.41, 5.74) is 0. The molecule has 0 unspecified atom stereocenters. The van der Waals surface area contributed by atoms with Crippen molar-refractivity contribution in [3.8, 4) is 5.75 Å². The largest absolute Gasteiger partial charge is 1.00 e. The molecule has 0 atom stereocenters. The van der Waals surface area contributed by atoms with E-state index >= 15 is 0 Å². The van der Waals surface area contributed by atoms with E-state index in [1.54, 1.807) is 0 Å². The van der Waals surface area contributed by atoms with Crippen molar-refractivity contribution in [1.82, 2.24) is 0 Å². The molecule has 0 aromatic heterocycles. The van der Waals surface area contributed by atoms with Gasteiger partial charge < -0.3 is 5.11 Å². The molecule has 0 amide bonds. The van der Waals surface area contributed by atoms with Gasteiger partial charge in [-0.05, 0) is 6.07 Å². The SMILES string of the molecule is [Na+].[O-]c1cccc(F)c1F. The number of hydrogen-bond acceptors (Lipinski definition) is 1. The predicted molar refractivity (Wildman–Crippen MR) is 25.8 cm³/mol. The second-order valence-electron chi connectivity index (χ2n) is 1.55. The third kappa shape index (κ3) is 1.94. The molecule has 0 aliphatic rings. The maximum atomic E-state index is 12.0. The van der Waals surface area contributed by atoms with Crippen LogP contribution < -0.4 is 34.7 Å². The van der Waals surface area contributed by atoms with Gasteiger partial charge in [0.05, 0.1) is 0 Å². The Morgan fingerprint density at radius 2 is 1.80 bits per heavy atom. The summed E-state index contributed by atoms with van der Waals surface area (Å²) in [5.74, 6) is -3.31. The first-order chi connectivity index (χ1) is 4.22. The van der Waals surface area contributed by atoms with E-state index in [1.165, 1.54) is 6.07 Å². The Hall–Kier alpha value is -0.120. The molecule has 0 bridgehead atoms. The maximum absolute atomic E-state index is 12.0. The second-order valence-corrected chi connectivity index (χ2v) is 1.55. The van der Waals surface area contributed by atoms with Gasteiger partial charge in [0.1, 0.15) is 0 Å². The zero-order chi connectivity index (χ0) is 6.85. The summed E-state index contributed by atoms with van der Waals surface area (Å²) in [6.45, 7) is 0. The van der Waals surface area contributed by atoms with Crippen molar-refractivity contribution in [2.24, 2.45) is 0 Å². The van der Waals surface area contributed by atoms with Gasteiger partial charge in [0, 0.05) is 0 Å². The van der Waals surface area contributed by atoms with Crippen LogP contribution in [0.1, 0.15) is 0 Å². The third-order valence-corrected chi connectivity index (χ3v) is 0.916. The number of benzene rings is 1. The summed E-state index contributed by atoms with van der Waals surface area (Å²) >= 11 is 0. The van der Waals surface area contributed by atoms with Crippen molar-refractivity contribution < 1.29 is 43.4 Å². The van der Waals surface area contributed by atoms with Crippen molar-refractivity contribution in [1.29, 1.82) is 0 Å². The van der Waals surface area contributed by atoms with Gasteiger partial charge >= 0.3 is 29.6 Å². The second kappa shape index (κ2) is 3.91. The molecule has 0 saturated heterocycles. The van der Waals surface area contributed by atoms with E-state index < -0.39 is 17.4 Å². The standard InChI is InChI=1S/C6H4F2O.Na/c7-4-2-1-3-5(9)6(4)8;/h1-3,9H;/q;+1/p-1. The summed E-state index contributed by atoms with van der Waals surface area (Å²) in [4.78, 5) is 0. The van der Waals surface area contributed by atoms with E-state index in [0.29, 0.717) is 0 Å². The fourth-order valence-corrected chi connectivity index (χ4v) is 0.484. The summed E-state index contributed by atoms with van der Waals surface area (Å²) in [5, 5.41) is 10.2. The molecular weight excluding hydrogens is 149 g/mol. The minimum atomic E-state index is -1.31. The van der Waals surface area contributed by atoms with E-state index in [2.05, 4.69) is 0 Å². The van der Waals surface area contributed by atoms with Crippen LogP contribution in [0.2, 0.25) is 0 Å². The topological polar surface area (TPSA) is 23.1 Å².